The van der Waals surface area contributed by atoms with E-state index in [2.05, 4.69) is 54.5 Å². The molecule has 0 bridgehead atoms. The quantitative estimate of drug-likeness (QED) is 0.136. The van der Waals surface area contributed by atoms with Gasteiger partial charge in [0.15, 0.2) is 12.9 Å². The van der Waals surface area contributed by atoms with Gasteiger partial charge >= 0.3 is 11.9 Å². The van der Waals surface area contributed by atoms with Crippen LogP contribution >= 0.6 is 0 Å². The lowest BCUT2D eigenvalue weighted by Crippen LogP contribution is -2.68. The third-order valence-corrected chi connectivity index (χ3v) is 15.5. The van der Waals surface area contributed by atoms with Gasteiger partial charge in [-0.1, -0.05) is 60.1 Å². The van der Waals surface area contributed by atoms with E-state index in [1.807, 2.05) is 0 Å². The fourth-order valence-corrected chi connectivity index (χ4v) is 12.5. The Hall–Kier alpha value is -1.60. The molecule has 1 aliphatic heterocycles. The van der Waals surface area contributed by atoms with Crippen LogP contribution in [-0.2, 0) is 23.8 Å². The molecule has 14 atom stereocenters. The number of carbonyl (C=O) groups is 2. The molecule has 0 aromatic rings. The first-order valence-electron chi connectivity index (χ1n) is 18.4. The number of esters is 1. The van der Waals surface area contributed by atoms with Crippen molar-refractivity contribution < 1.29 is 54.4 Å². The summed E-state index contributed by atoms with van der Waals surface area (Å²) in [6.07, 6.45) is 1.12. The highest BCUT2D eigenvalue weighted by atomic mass is 16.7. The molecule has 6 N–H and O–H groups in total. The van der Waals surface area contributed by atoms with E-state index in [0.29, 0.717) is 19.3 Å². The van der Waals surface area contributed by atoms with E-state index < -0.39 is 67.4 Å². The van der Waals surface area contributed by atoms with Crippen LogP contribution in [0.2, 0.25) is 0 Å². The predicted molar refractivity (Wildman–Crippen MR) is 178 cm³/mol. The summed E-state index contributed by atoms with van der Waals surface area (Å²) in [6.45, 7) is 14.7. The lowest BCUT2D eigenvalue weighted by atomic mass is 9.33. The fourth-order valence-electron chi connectivity index (χ4n) is 12.5. The van der Waals surface area contributed by atoms with Crippen molar-refractivity contribution in [3.05, 3.63) is 11.6 Å². The summed E-state index contributed by atoms with van der Waals surface area (Å²) >= 11 is 0. The largest absolute Gasteiger partial charge is 0.479 e. The van der Waals surface area contributed by atoms with Crippen LogP contribution < -0.4 is 0 Å². The standard InChI is InChI=1S/C38H60O11/c1-33(2)14-15-38(32(46)47-19-27(41)42)21(16-33)20-8-9-24-35(5)12-11-26(49-31-30(45)29(44)28(43)22(18-39)48-31)34(3,4)23(35)10-13-36(24,6)37(20,7)17-25(38)40/h8,21-26,28-31,39-40,43-45H,9-19H2,1-7H3,(H,41,42). The number of aliphatic hydroxyl groups excluding tert-OH is 5. The minimum Gasteiger partial charge on any atom is -0.479 e. The molecule has 0 radical (unpaired) electrons. The summed E-state index contributed by atoms with van der Waals surface area (Å²) in [5, 5.41) is 62.6. The first-order valence-corrected chi connectivity index (χ1v) is 18.4. The van der Waals surface area contributed by atoms with Gasteiger partial charge < -0.3 is 44.8 Å². The summed E-state index contributed by atoms with van der Waals surface area (Å²) in [7, 11) is 0. The molecule has 5 aliphatic carbocycles. The van der Waals surface area contributed by atoms with Crippen LogP contribution in [0.5, 0.6) is 0 Å². The van der Waals surface area contributed by atoms with Crippen molar-refractivity contribution >= 4 is 11.9 Å². The van der Waals surface area contributed by atoms with Crippen LogP contribution in [0.3, 0.4) is 0 Å². The number of carbonyl (C=O) groups excluding carboxylic acids is 1. The summed E-state index contributed by atoms with van der Waals surface area (Å²) in [6, 6.07) is 0. The summed E-state index contributed by atoms with van der Waals surface area (Å²) < 4.78 is 17.6. The Morgan fingerprint density at radius 1 is 0.878 bits per heavy atom. The normalized spacial score (nSPS) is 50.1. The lowest BCUT2D eigenvalue weighted by molar-refractivity contribution is -0.330. The second-order valence-electron chi connectivity index (χ2n) is 18.6. The molecule has 11 heteroatoms. The van der Waals surface area contributed by atoms with Gasteiger partial charge in [-0.15, -0.1) is 0 Å². The Morgan fingerprint density at radius 3 is 2.22 bits per heavy atom. The molecule has 14 unspecified atom stereocenters. The van der Waals surface area contributed by atoms with Gasteiger partial charge in [0.05, 0.1) is 18.8 Å². The van der Waals surface area contributed by atoms with Crippen molar-refractivity contribution in [3.8, 4) is 0 Å². The molecular formula is C38H60O11. The molecule has 1 saturated heterocycles. The Balaban J connectivity index is 1.31. The molecule has 49 heavy (non-hydrogen) atoms. The van der Waals surface area contributed by atoms with Crippen LogP contribution in [0.4, 0.5) is 0 Å². The number of carboxylic acid groups (broad SMARTS) is 1. The maximum Gasteiger partial charge on any atom is 0.341 e. The van der Waals surface area contributed by atoms with Crippen LogP contribution in [-0.4, -0.2) is 98.7 Å². The van der Waals surface area contributed by atoms with Crippen molar-refractivity contribution in [1.82, 2.24) is 0 Å². The van der Waals surface area contributed by atoms with Crippen LogP contribution in [0.15, 0.2) is 11.6 Å². The average Bonchev–Trinajstić information content (AvgIpc) is 3.01. The summed E-state index contributed by atoms with van der Waals surface area (Å²) in [4.78, 5) is 25.2. The molecule has 278 valence electrons. The number of ether oxygens (including phenoxy) is 3. The molecular weight excluding hydrogens is 632 g/mol. The number of carboxylic acids is 1. The molecule has 6 aliphatic rings. The minimum atomic E-state index is -1.49. The van der Waals surface area contributed by atoms with Crippen LogP contribution in [0.1, 0.15) is 106 Å². The van der Waals surface area contributed by atoms with Gasteiger partial charge in [-0.05, 0) is 103 Å². The van der Waals surface area contributed by atoms with Crippen molar-refractivity contribution in [2.45, 2.75) is 149 Å². The van der Waals surface area contributed by atoms with Gasteiger partial charge in [0.25, 0.3) is 0 Å². The van der Waals surface area contributed by atoms with Crippen molar-refractivity contribution in [1.29, 1.82) is 0 Å². The zero-order valence-corrected chi connectivity index (χ0v) is 30.4. The van der Waals surface area contributed by atoms with Crippen molar-refractivity contribution in [2.24, 2.45) is 50.2 Å². The highest BCUT2D eigenvalue weighted by molar-refractivity contribution is 5.82. The molecule has 1 heterocycles. The van der Waals surface area contributed by atoms with Gasteiger partial charge in [0.2, 0.25) is 0 Å². The molecule has 0 amide bonds. The molecule has 11 nitrogen and oxygen atoms in total. The maximum atomic E-state index is 13.8. The van der Waals surface area contributed by atoms with E-state index >= 15 is 0 Å². The molecule has 5 fully saturated rings. The number of fused-ring (bicyclic) bond motifs is 7. The second kappa shape index (κ2) is 12.2. The number of hydrogen-bond acceptors (Lipinski definition) is 10. The van der Waals surface area contributed by atoms with E-state index in [0.717, 1.165) is 38.5 Å². The molecule has 0 aromatic heterocycles. The van der Waals surface area contributed by atoms with E-state index in [1.165, 1.54) is 5.57 Å². The molecule has 6 rings (SSSR count). The number of hydrogen-bond donors (Lipinski definition) is 6. The topological polar surface area (TPSA) is 183 Å². The third kappa shape index (κ3) is 5.38. The Kier molecular flexibility index (Phi) is 9.28. The van der Waals surface area contributed by atoms with Gasteiger partial charge in [0, 0.05) is 0 Å². The Bertz CT molecular complexity index is 1340. The van der Waals surface area contributed by atoms with Gasteiger partial charge in [-0.3, -0.25) is 4.79 Å². The monoisotopic (exact) mass is 692 g/mol. The van der Waals surface area contributed by atoms with E-state index in [-0.39, 0.29) is 50.9 Å². The lowest BCUT2D eigenvalue weighted by Gasteiger charge is -2.71. The smallest absolute Gasteiger partial charge is 0.341 e. The Labute approximate surface area is 290 Å². The SMILES string of the molecule is CC1(C)CCC2(C(=O)OCC(=O)O)C(O)CC3(C)C(=CCC4C5(C)CCC(OC6OC(CO)C(O)C(O)C6O)C(C)(C)C5CCC43C)C2C1. The number of aliphatic carboxylic acids is 1. The highest BCUT2D eigenvalue weighted by Gasteiger charge is 2.71. The average molecular weight is 693 g/mol. The number of rotatable bonds is 6. The second-order valence-corrected chi connectivity index (χ2v) is 18.6. The van der Waals surface area contributed by atoms with E-state index in [4.69, 9.17) is 14.2 Å². The first-order chi connectivity index (χ1) is 22.7. The molecule has 4 saturated carbocycles. The van der Waals surface area contributed by atoms with Crippen molar-refractivity contribution in [2.75, 3.05) is 13.2 Å². The highest BCUT2D eigenvalue weighted by Crippen LogP contribution is 2.76. The maximum absolute atomic E-state index is 13.8. The summed E-state index contributed by atoms with van der Waals surface area (Å²) in [5.74, 6) is -1.49. The van der Waals surface area contributed by atoms with Gasteiger partial charge in [-0.25, -0.2) is 4.79 Å². The zero-order chi connectivity index (χ0) is 36.1. The number of aliphatic hydroxyl groups is 5. The van der Waals surface area contributed by atoms with Gasteiger partial charge in [0.1, 0.15) is 29.8 Å². The fraction of sp³-hybridized carbons (Fsp3) is 0.895. The first kappa shape index (κ1) is 37.2. The van der Waals surface area contributed by atoms with Crippen molar-refractivity contribution in [3.63, 3.8) is 0 Å². The van der Waals surface area contributed by atoms with E-state index in [9.17, 15) is 40.2 Å². The third-order valence-electron chi connectivity index (χ3n) is 15.5. The predicted octanol–water partition coefficient (Wildman–Crippen LogP) is 3.57. The van der Waals surface area contributed by atoms with Crippen LogP contribution in [0.25, 0.3) is 0 Å². The van der Waals surface area contributed by atoms with Gasteiger partial charge in [-0.2, -0.15) is 0 Å². The zero-order valence-electron chi connectivity index (χ0n) is 30.4. The van der Waals surface area contributed by atoms with Crippen LogP contribution in [0, 0.1) is 50.2 Å². The minimum absolute atomic E-state index is 0.0508. The molecule has 0 spiro atoms. The number of allylic oxidation sites excluding steroid dienone is 2. The Morgan fingerprint density at radius 2 is 1.57 bits per heavy atom. The summed E-state index contributed by atoms with van der Waals surface area (Å²) in [5.41, 5.74) is -0.955. The van der Waals surface area contributed by atoms with E-state index in [1.54, 1.807) is 0 Å². The molecule has 0 aromatic carbocycles.